The Hall–Kier alpha value is -4.12. The number of hydrogen-bond donors (Lipinski definition) is 1. The van der Waals surface area contributed by atoms with Gasteiger partial charge in [-0.15, -0.1) is 0 Å². The van der Waals surface area contributed by atoms with Gasteiger partial charge in [-0.05, 0) is 38.4 Å². The fourth-order valence-electron chi connectivity index (χ4n) is 4.44. The molecule has 0 heterocycles. The third-order valence-corrected chi connectivity index (χ3v) is 5.61. The lowest BCUT2D eigenvalue weighted by atomic mass is 9.85. The van der Waals surface area contributed by atoms with Gasteiger partial charge in [0.05, 0.1) is 5.56 Å². The van der Waals surface area contributed by atoms with Gasteiger partial charge >= 0.3 is 5.97 Å². The number of fused-ring (bicyclic) bond motifs is 2. The Morgan fingerprint density at radius 2 is 0.931 bits per heavy atom. The van der Waals surface area contributed by atoms with E-state index in [1.807, 2.05) is 0 Å². The van der Waals surface area contributed by atoms with Gasteiger partial charge in [-0.3, -0.25) is 14.4 Å². The van der Waals surface area contributed by atoms with Crippen molar-refractivity contribution in [3.05, 3.63) is 70.8 Å². The van der Waals surface area contributed by atoms with E-state index in [0.29, 0.717) is 39.1 Å². The number of hydrogen-bond acceptors (Lipinski definition) is 4. The smallest absolute Gasteiger partial charge is 0.336 e. The summed E-state index contributed by atoms with van der Waals surface area (Å²) in [5.41, 5.74) is 1.19. The Bertz CT molecular complexity index is 1470. The topological polar surface area (TPSA) is 88.5 Å². The van der Waals surface area contributed by atoms with E-state index in [9.17, 15) is 24.3 Å². The van der Waals surface area contributed by atoms with Crippen LogP contribution < -0.4 is 0 Å². The van der Waals surface area contributed by atoms with Crippen LogP contribution in [-0.2, 0) is 0 Å². The van der Waals surface area contributed by atoms with Crippen molar-refractivity contribution in [2.24, 2.45) is 0 Å². The molecule has 0 spiro atoms. The SMILES string of the molecule is O=Cc1ccc2c3ccc(C=O)c4c(C(=O)O)ccc(c5ccc(C=O)c1c25)c43. The second kappa shape index (κ2) is 5.94. The average molecular weight is 380 g/mol. The second-order valence-electron chi connectivity index (χ2n) is 6.93. The molecule has 0 amide bonds. The molecule has 0 saturated heterocycles. The minimum Gasteiger partial charge on any atom is -0.478 e. The van der Waals surface area contributed by atoms with Gasteiger partial charge in [0, 0.05) is 27.5 Å². The van der Waals surface area contributed by atoms with Gasteiger partial charge in [0.1, 0.15) is 0 Å². The highest BCUT2D eigenvalue weighted by molar-refractivity contribution is 6.37. The van der Waals surface area contributed by atoms with E-state index < -0.39 is 5.97 Å². The summed E-state index contributed by atoms with van der Waals surface area (Å²) in [6.45, 7) is 0. The summed E-state index contributed by atoms with van der Waals surface area (Å²) >= 11 is 0. The Kier molecular flexibility index (Phi) is 3.48. The summed E-state index contributed by atoms with van der Waals surface area (Å²) in [6, 6.07) is 13.5. The standard InChI is InChI=1S/C24H12O5/c25-9-12-1-4-15-17-6-3-14(11-27)21-19(24(28)29)8-7-18(23(17)21)16-5-2-13(10-26)20(12)22(15)16/h1-11H,(H,28,29). The molecule has 5 rings (SSSR count). The normalized spacial score (nSPS) is 11.4. The van der Waals surface area contributed by atoms with Gasteiger partial charge in [-0.1, -0.05) is 42.5 Å². The molecule has 0 radical (unpaired) electrons. The summed E-state index contributed by atoms with van der Waals surface area (Å²) in [7, 11) is 0. The van der Waals surface area contributed by atoms with E-state index in [0.717, 1.165) is 39.5 Å². The number of rotatable bonds is 4. The molecule has 1 N–H and O–H groups in total. The summed E-state index contributed by atoms with van der Waals surface area (Å²) in [5, 5.41) is 15.2. The summed E-state index contributed by atoms with van der Waals surface area (Å²) < 4.78 is 0. The third-order valence-electron chi connectivity index (χ3n) is 5.61. The zero-order valence-corrected chi connectivity index (χ0v) is 14.9. The van der Waals surface area contributed by atoms with Crippen LogP contribution in [0.1, 0.15) is 41.4 Å². The van der Waals surface area contributed by atoms with Crippen LogP contribution in [0, 0.1) is 0 Å². The molecule has 0 aliphatic rings. The summed E-state index contributed by atoms with van der Waals surface area (Å²) in [4.78, 5) is 46.8. The third kappa shape index (κ3) is 2.09. The molecule has 0 fully saturated rings. The van der Waals surface area contributed by atoms with E-state index in [1.54, 1.807) is 42.5 Å². The van der Waals surface area contributed by atoms with Crippen molar-refractivity contribution in [1.82, 2.24) is 0 Å². The molecule has 138 valence electrons. The van der Waals surface area contributed by atoms with Crippen LogP contribution in [0.5, 0.6) is 0 Å². The molecule has 0 aliphatic carbocycles. The fraction of sp³-hybridized carbons (Fsp3) is 0. The van der Waals surface area contributed by atoms with Gasteiger partial charge < -0.3 is 5.11 Å². The number of carbonyl (C=O) groups excluding carboxylic acids is 3. The first-order valence-electron chi connectivity index (χ1n) is 8.89. The molecule has 5 aromatic carbocycles. The molecule has 0 saturated carbocycles. The zero-order chi connectivity index (χ0) is 20.3. The molecule has 0 bridgehead atoms. The van der Waals surface area contributed by atoms with Crippen molar-refractivity contribution in [2.45, 2.75) is 0 Å². The number of carbonyl (C=O) groups is 4. The molecule has 0 atom stereocenters. The molecule has 0 aromatic heterocycles. The molecule has 29 heavy (non-hydrogen) atoms. The molecular formula is C24H12O5. The summed E-state index contributed by atoms with van der Waals surface area (Å²) in [5.74, 6) is -1.11. The lowest BCUT2D eigenvalue weighted by Crippen LogP contribution is -2.01. The van der Waals surface area contributed by atoms with Crippen LogP contribution in [0.15, 0.2) is 48.5 Å². The molecule has 0 aliphatic heterocycles. The van der Waals surface area contributed by atoms with Crippen LogP contribution in [0.2, 0.25) is 0 Å². The van der Waals surface area contributed by atoms with E-state index in [1.165, 1.54) is 6.07 Å². The minimum absolute atomic E-state index is 0.0569. The maximum atomic E-state index is 11.8. The predicted molar refractivity (Wildman–Crippen MR) is 111 cm³/mol. The van der Waals surface area contributed by atoms with E-state index in [2.05, 4.69) is 0 Å². The van der Waals surface area contributed by atoms with Crippen LogP contribution in [0.4, 0.5) is 0 Å². The van der Waals surface area contributed by atoms with Crippen molar-refractivity contribution in [2.75, 3.05) is 0 Å². The average Bonchev–Trinajstić information content (AvgIpc) is 2.76. The lowest BCUT2D eigenvalue weighted by Gasteiger charge is -2.18. The molecule has 5 nitrogen and oxygen atoms in total. The first kappa shape index (κ1) is 17.0. The van der Waals surface area contributed by atoms with Gasteiger partial charge in [-0.2, -0.15) is 0 Å². The highest BCUT2D eigenvalue weighted by Gasteiger charge is 2.21. The van der Waals surface area contributed by atoms with Crippen LogP contribution >= 0.6 is 0 Å². The Labute approximate surface area is 163 Å². The van der Waals surface area contributed by atoms with Gasteiger partial charge in [0.2, 0.25) is 0 Å². The highest BCUT2D eigenvalue weighted by atomic mass is 16.4. The van der Waals surface area contributed by atoms with Crippen LogP contribution in [0.25, 0.3) is 43.1 Å². The number of carboxylic acids is 1. The van der Waals surface area contributed by atoms with Gasteiger partial charge in [0.15, 0.2) is 18.9 Å². The van der Waals surface area contributed by atoms with E-state index in [4.69, 9.17) is 0 Å². The largest absolute Gasteiger partial charge is 0.478 e. The monoisotopic (exact) mass is 380 g/mol. The van der Waals surface area contributed by atoms with Crippen molar-refractivity contribution in [3.63, 3.8) is 0 Å². The quantitative estimate of drug-likeness (QED) is 0.273. The van der Waals surface area contributed by atoms with Gasteiger partial charge in [0.25, 0.3) is 0 Å². The first-order valence-corrected chi connectivity index (χ1v) is 8.89. The maximum Gasteiger partial charge on any atom is 0.336 e. The Morgan fingerprint density at radius 1 is 0.552 bits per heavy atom. The molecule has 5 heteroatoms. The van der Waals surface area contributed by atoms with Crippen LogP contribution in [-0.4, -0.2) is 29.9 Å². The molecule has 0 unspecified atom stereocenters. The van der Waals surface area contributed by atoms with Crippen molar-refractivity contribution in [1.29, 1.82) is 0 Å². The zero-order valence-electron chi connectivity index (χ0n) is 14.9. The molecular weight excluding hydrogens is 368 g/mol. The second-order valence-corrected chi connectivity index (χ2v) is 6.93. The molecule has 5 aromatic rings. The van der Waals surface area contributed by atoms with E-state index >= 15 is 0 Å². The van der Waals surface area contributed by atoms with Gasteiger partial charge in [-0.25, -0.2) is 4.79 Å². The minimum atomic E-state index is -1.11. The number of carboxylic acid groups (broad SMARTS) is 1. The Balaban J connectivity index is 2.19. The lowest BCUT2D eigenvalue weighted by molar-refractivity contribution is 0.0698. The van der Waals surface area contributed by atoms with Crippen molar-refractivity contribution in [3.8, 4) is 0 Å². The highest BCUT2D eigenvalue weighted by Crippen LogP contribution is 2.43. The van der Waals surface area contributed by atoms with E-state index in [-0.39, 0.29) is 5.56 Å². The van der Waals surface area contributed by atoms with Crippen molar-refractivity contribution < 1.29 is 24.3 Å². The van der Waals surface area contributed by atoms with Crippen LogP contribution in [0.3, 0.4) is 0 Å². The predicted octanol–water partition coefficient (Wildman–Crippen LogP) is 4.87. The van der Waals surface area contributed by atoms with Crippen molar-refractivity contribution >= 4 is 67.9 Å². The number of aromatic carboxylic acids is 1. The fourth-order valence-corrected chi connectivity index (χ4v) is 4.44. The number of aldehydes is 3. The maximum absolute atomic E-state index is 11.8. The summed E-state index contributed by atoms with van der Waals surface area (Å²) in [6.07, 6.45) is 2.11. The first-order chi connectivity index (χ1) is 14.1. The number of benzene rings is 5. The Morgan fingerprint density at radius 3 is 1.34 bits per heavy atom.